The van der Waals surface area contributed by atoms with Crippen LogP contribution in [0.1, 0.15) is 29.5 Å². The van der Waals surface area contributed by atoms with Crippen molar-refractivity contribution < 1.29 is 14.3 Å². The van der Waals surface area contributed by atoms with E-state index >= 15 is 0 Å². The Labute approximate surface area is 139 Å². The van der Waals surface area contributed by atoms with Crippen LogP contribution in [-0.4, -0.2) is 63.5 Å². The van der Waals surface area contributed by atoms with Gasteiger partial charge in [-0.3, -0.25) is 9.69 Å². The molecule has 2 saturated heterocycles. The standard InChI is InChI=1S/C17H20N4O3/c1-3-17-9-20(6-7-21(17)16(23)24-10-17)15(22)12-4-5-13-14(8-12)19-11(2)18-13/h4-5,8H,3,6-7,9-10H2,1-2H3,(H,18,19). The van der Waals surface area contributed by atoms with E-state index in [2.05, 4.69) is 9.97 Å². The van der Waals surface area contributed by atoms with Gasteiger partial charge in [-0.1, -0.05) is 6.92 Å². The highest BCUT2D eigenvalue weighted by molar-refractivity contribution is 5.97. The van der Waals surface area contributed by atoms with Gasteiger partial charge in [-0.15, -0.1) is 0 Å². The first-order valence-electron chi connectivity index (χ1n) is 8.22. The topological polar surface area (TPSA) is 78.5 Å². The maximum atomic E-state index is 12.9. The van der Waals surface area contributed by atoms with Crippen LogP contribution in [0, 0.1) is 6.92 Å². The number of ether oxygens (including phenoxy) is 1. The van der Waals surface area contributed by atoms with Gasteiger partial charge in [-0.05, 0) is 31.5 Å². The van der Waals surface area contributed by atoms with E-state index in [4.69, 9.17) is 4.74 Å². The number of hydrogen-bond donors (Lipinski definition) is 1. The molecule has 0 saturated carbocycles. The van der Waals surface area contributed by atoms with Crippen molar-refractivity contribution in [2.45, 2.75) is 25.8 Å². The highest BCUT2D eigenvalue weighted by atomic mass is 16.6. The lowest BCUT2D eigenvalue weighted by Crippen LogP contribution is -2.62. The predicted molar refractivity (Wildman–Crippen MR) is 87.8 cm³/mol. The summed E-state index contributed by atoms with van der Waals surface area (Å²) in [5, 5.41) is 0. The summed E-state index contributed by atoms with van der Waals surface area (Å²) >= 11 is 0. The van der Waals surface area contributed by atoms with Crippen molar-refractivity contribution in [3.05, 3.63) is 29.6 Å². The second-order valence-electron chi connectivity index (χ2n) is 6.56. The molecule has 2 aliphatic rings. The predicted octanol–water partition coefficient (Wildman–Crippen LogP) is 1.93. The van der Waals surface area contributed by atoms with Gasteiger partial charge in [-0.25, -0.2) is 9.78 Å². The second kappa shape index (κ2) is 5.22. The summed E-state index contributed by atoms with van der Waals surface area (Å²) in [5.74, 6) is 0.811. The third-order valence-electron chi connectivity index (χ3n) is 5.13. The number of hydrogen-bond acceptors (Lipinski definition) is 4. The third kappa shape index (κ3) is 2.15. The van der Waals surface area contributed by atoms with Crippen LogP contribution in [0.25, 0.3) is 11.0 Å². The molecule has 1 atom stereocenters. The van der Waals surface area contributed by atoms with Crippen LogP contribution in [0.5, 0.6) is 0 Å². The van der Waals surface area contributed by atoms with E-state index in [1.165, 1.54) is 0 Å². The normalized spacial score (nSPS) is 23.5. The van der Waals surface area contributed by atoms with Gasteiger partial charge in [0, 0.05) is 25.2 Å². The summed E-state index contributed by atoms with van der Waals surface area (Å²) in [6, 6.07) is 5.52. The Balaban J connectivity index is 1.60. The molecule has 7 heteroatoms. The molecule has 2 fully saturated rings. The fraction of sp³-hybridized carbons (Fsp3) is 0.471. The molecule has 2 aromatic rings. The number of rotatable bonds is 2. The molecule has 0 radical (unpaired) electrons. The van der Waals surface area contributed by atoms with Crippen LogP contribution in [-0.2, 0) is 4.74 Å². The van der Waals surface area contributed by atoms with Crippen LogP contribution in [0.15, 0.2) is 18.2 Å². The smallest absolute Gasteiger partial charge is 0.410 e. The average molecular weight is 328 g/mol. The quantitative estimate of drug-likeness (QED) is 0.913. The van der Waals surface area contributed by atoms with E-state index in [9.17, 15) is 9.59 Å². The van der Waals surface area contributed by atoms with Crippen LogP contribution < -0.4 is 0 Å². The van der Waals surface area contributed by atoms with Crippen LogP contribution in [0.3, 0.4) is 0 Å². The second-order valence-corrected chi connectivity index (χ2v) is 6.56. The molecule has 24 heavy (non-hydrogen) atoms. The van der Waals surface area contributed by atoms with E-state index in [0.29, 0.717) is 31.8 Å². The maximum absolute atomic E-state index is 12.9. The van der Waals surface area contributed by atoms with Crippen molar-refractivity contribution in [3.8, 4) is 0 Å². The van der Waals surface area contributed by atoms with Gasteiger partial charge in [0.1, 0.15) is 12.4 Å². The minimum absolute atomic E-state index is 0.0176. The molecule has 1 N–H and O–H groups in total. The number of amides is 2. The number of H-pyrrole nitrogens is 1. The van der Waals surface area contributed by atoms with E-state index in [1.54, 1.807) is 4.90 Å². The lowest BCUT2D eigenvalue weighted by Gasteiger charge is -2.44. The monoisotopic (exact) mass is 328 g/mol. The van der Waals surface area contributed by atoms with Gasteiger partial charge in [-0.2, -0.15) is 0 Å². The van der Waals surface area contributed by atoms with Gasteiger partial charge in [0.2, 0.25) is 0 Å². The molecule has 3 heterocycles. The first-order valence-corrected chi connectivity index (χ1v) is 8.22. The van der Waals surface area contributed by atoms with Gasteiger partial charge >= 0.3 is 6.09 Å². The molecule has 126 valence electrons. The first-order chi connectivity index (χ1) is 11.5. The lowest BCUT2D eigenvalue weighted by atomic mass is 9.92. The summed E-state index contributed by atoms with van der Waals surface area (Å²) in [6.07, 6.45) is 0.500. The van der Waals surface area contributed by atoms with Crippen molar-refractivity contribution in [2.24, 2.45) is 0 Å². The number of aromatic nitrogens is 2. The zero-order valence-electron chi connectivity index (χ0n) is 13.8. The highest BCUT2D eigenvalue weighted by Gasteiger charge is 2.50. The Hall–Kier alpha value is -2.57. The molecule has 0 spiro atoms. The Morgan fingerprint density at radius 1 is 1.42 bits per heavy atom. The van der Waals surface area contributed by atoms with E-state index in [1.807, 2.05) is 36.9 Å². The molecule has 7 nitrogen and oxygen atoms in total. The molecule has 0 bridgehead atoms. The molecule has 1 unspecified atom stereocenters. The Morgan fingerprint density at radius 3 is 3.04 bits per heavy atom. The van der Waals surface area contributed by atoms with Crippen molar-refractivity contribution in [1.82, 2.24) is 19.8 Å². The summed E-state index contributed by atoms with van der Waals surface area (Å²) in [7, 11) is 0. The van der Waals surface area contributed by atoms with Crippen molar-refractivity contribution in [2.75, 3.05) is 26.2 Å². The first kappa shape index (κ1) is 15.0. The van der Waals surface area contributed by atoms with Crippen LogP contribution >= 0.6 is 0 Å². The average Bonchev–Trinajstić information content (AvgIpc) is 3.13. The van der Waals surface area contributed by atoms with Crippen molar-refractivity contribution in [1.29, 1.82) is 0 Å². The third-order valence-corrected chi connectivity index (χ3v) is 5.13. The summed E-state index contributed by atoms with van der Waals surface area (Å²) in [6.45, 7) is 5.82. The minimum atomic E-state index is -0.389. The SMILES string of the molecule is CCC12COC(=O)N1CCN(C(=O)c1ccc3nc(C)[nH]c3c1)C2. The number of aromatic amines is 1. The number of carbonyl (C=O) groups is 2. The summed E-state index contributed by atoms with van der Waals surface area (Å²) < 4.78 is 5.22. The zero-order chi connectivity index (χ0) is 16.9. The fourth-order valence-electron chi connectivity index (χ4n) is 3.69. The number of cyclic esters (lactones) is 1. The molecular weight excluding hydrogens is 308 g/mol. The Kier molecular flexibility index (Phi) is 3.26. The van der Waals surface area contributed by atoms with Gasteiger partial charge in [0.25, 0.3) is 5.91 Å². The van der Waals surface area contributed by atoms with Gasteiger partial charge < -0.3 is 14.6 Å². The van der Waals surface area contributed by atoms with Crippen molar-refractivity contribution >= 4 is 23.0 Å². The minimum Gasteiger partial charge on any atom is -0.447 e. The van der Waals surface area contributed by atoms with Crippen LogP contribution in [0.2, 0.25) is 0 Å². The molecule has 1 aromatic carbocycles. The number of aryl methyl sites for hydroxylation is 1. The highest BCUT2D eigenvalue weighted by Crippen LogP contribution is 2.32. The van der Waals surface area contributed by atoms with E-state index in [-0.39, 0.29) is 17.5 Å². The maximum Gasteiger partial charge on any atom is 0.410 e. The summed E-state index contributed by atoms with van der Waals surface area (Å²) in [5.41, 5.74) is 1.96. The summed E-state index contributed by atoms with van der Waals surface area (Å²) in [4.78, 5) is 35.9. The van der Waals surface area contributed by atoms with Crippen molar-refractivity contribution in [3.63, 3.8) is 0 Å². The number of nitrogens with zero attached hydrogens (tertiary/aromatic N) is 3. The molecular formula is C17H20N4O3. The molecule has 1 aromatic heterocycles. The van der Waals surface area contributed by atoms with Gasteiger partial charge in [0.05, 0.1) is 16.6 Å². The fourth-order valence-corrected chi connectivity index (χ4v) is 3.69. The Bertz CT molecular complexity index is 830. The molecule has 2 amide bonds. The number of carbonyl (C=O) groups excluding carboxylic acids is 2. The largest absolute Gasteiger partial charge is 0.447 e. The van der Waals surface area contributed by atoms with Gasteiger partial charge in [0.15, 0.2) is 0 Å². The number of nitrogens with one attached hydrogen (secondary N) is 1. The lowest BCUT2D eigenvalue weighted by molar-refractivity contribution is 0.0362. The number of imidazole rings is 1. The van der Waals surface area contributed by atoms with E-state index in [0.717, 1.165) is 23.3 Å². The van der Waals surface area contributed by atoms with E-state index < -0.39 is 0 Å². The van der Waals surface area contributed by atoms with Crippen LogP contribution in [0.4, 0.5) is 4.79 Å². The number of piperazine rings is 1. The molecule has 4 rings (SSSR count). The number of fused-ring (bicyclic) bond motifs is 2. The Morgan fingerprint density at radius 2 is 2.25 bits per heavy atom. The number of benzene rings is 1. The zero-order valence-corrected chi connectivity index (χ0v) is 13.8. The molecule has 0 aliphatic carbocycles. The molecule has 2 aliphatic heterocycles.